The van der Waals surface area contributed by atoms with Crippen LogP contribution in [-0.2, 0) is 11.3 Å². The molecule has 37 heavy (non-hydrogen) atoms. The van der Waals surface area contributed by atoms with Crippen molar-refractivity contribution in [2.45, 2.75) is 33.4 Å². The number of benzene rings is 1. The monoisotopic (exact) mass is 522 g/mol. The van der Waals surface area contributed by atoms with Gasteiger partial charge in [0.2, 0.25) is 12.5 Å². The van der Waals surface area contributed by atoms with E-state index in [-0.39, 0.29) is 40.7 Å². The number of piperazine rings is 1. The minimum Gasteiger partial charge on any atom is -0.342 e. The standard InChI is InChI=1S/C27H28ClFN6O2/c1-6-22(36)33-11-12-34(17(15-33)14-30-5)25-19-13-20(28)23(18-9-7-8-10-21(18)29)31-24(19)35(26(37)32-25)16-27(2,3)4/h6-10,13,17H,1,11-12,14-16H2,2-4H3. The Hall–Kier alpha value is -3.77. The Labute approximate surface area is 219 Å². The Morgan fingerprint density at radius 1 is 1.30 bits per heavy atom. The number of aromatic nitrogens is 3. The molecule has 3 heterocycles. The number of nitrogens with zero attached hydrogens (tertiary/aromatic N) is 6. The Bertz CT molecular complexity index is 1470. The molecule has 1 aromatic carbocycles. The second-order valence-corrected chi connectivity index (χ2v) is 10.6. The summed E-state index contributed by atoms with van der Waals surface area (Å²) in [6.07, 6.45) is 1.25. The lowest BCUT2D eigenvalue weighted by atomic mass is 9.97. The van der Waals surface area contributed by atoms with Crippen LogP contribution >= 0.6 is 11.6 Å². The highest BCUT2D eigenvalue weighted by Gasteiger charge is 2.34. The maximum absolute atomic E-state index is 14.7. The smallest absolute Gasteiger partial charge is 0.342 e. The fraction of sp³-hybridized carbons (Fsp3) is 0.370. The summed E-state index contributed by atoms with van der Waals surface area (Å²) in [7, 11) is 0. The van der Waals surface area contributed by atoms with Gasteiger partial charge in [0.1, 0.15) is 23.3 Å². The Morgan fingerprint density at radius 3 is 2.68 bits per heavy atom. The summed E-state index contributed by atoms with van der Waals surface area (Å²) >= 11 is 6.65. The van der Waals surface area contributed by atoms with Gasteiger partial charge in [-0.05, 0) is 29.7 Å². The van der Waals surface area contributed by atoms with E-state index in [4.69, 9.17) is 23.2 Å². The zero-order valence-electron chi connectivity index (χ0n) is 21.0. The van der Waals surface area contributed by atoms with E-state index in [1.165, 1.54) is 16.7 Å². The first kappa shape index (κ1) is 26.3. The largest absolute Gasteiger partial charge is 0.351 e. The summed E-state index contributed by atoms with van der Waals surface area (Å²) in [4.78, 5) is 41.8. The van der Waals surface area contributed by atoms with Crippen molar-refractivity contribution >= 4 is 34.4 Å². The van der Waals surface area contributed by atoms with Gasteiger partial charge in [0.05, 0.1) is 16.1 Å². The molecule has 0 spiro atoms. The number of carbonyl (C=O) groups is 1. The summed E-state index contributed by atoms with van der Waals surface area (Å²) in [5.74, 6) is -0.346. The van der Waals surface area contributed by atoms with Crippen molar-refractivity contribution in [3.8, 4) is 11.3 Å². The molecule has 1 saturated heterocycles. The molecule has 0 radical (unpaired) electrons. The zero-order valence-corrected chi connectivity index (χ0v) is 21.8. The van der Waals surface area contributed by atoms with Gasteiger partial charge in [-0.3, -0.25) is 9.36 Å². The van der Waals surface area contributed by atoms with Crippen LogP contribution in [0.1, 0.15) is 20.8 Å². The highest BCUT2D eigenvalue weighted by molar-refractivity contribution is 6.33. The fourth-order valence-electron chi connectivity index (χ4n) is 4.55. The van der Waals surface area contributed by atoms with Gasteiger partial charge in [-0.15, -0.1) is 0 Å². The van der Waals surface area contributed by atoms with Crippen molar-refractivity contribution in [1.82, 2.24) is 19.4 Å². The van der Waals surface area contributed by atoms with Crippen LogP contribution in [0.4, 0.5) is 10.2 Å². The molecular formula is C27H28ClFN6O2. The molecule has 10 heteroatoms. The van der Waals surface area contributed by atoms with Crippen LogP contribution in [0.15, 0.2) is 47.8 Å². The summed E-state index contributed by atoms with van der Waals surface area (Å²) in [5.41, 5.74) is 0.00935. The van der Waals surface area contributed by atoms with Crippen LogP contribution in [0.25, 0.3) is 27.1 Å². The van der Waals surface area contributed by atoms with Crippen molar-refractivity contribution in [1.29, 1.82) is 0 Å². The number of anilines is 1. The van der Waals surface area contributed by atoms with Crippen molar-refractivity contribution < 1.29 is 9.18 Å². The lowest BCUT2D eigenvalue weighted by Gasteiger charge is -2.40. The van der Waals surface area contributed by atoms with Crippen LogP contribution in [0, 0.1) is 17.8 Å². The van der Waals surface area contributed by atoms with Crippen LogP contribution in [0.2, 0.25) is 5.02 Å². The number of hydrogen-bond donors (Lipinski definition) is 0. The van der Waals surface area contributed by atoms with E-state index in [1.54, 1.807) is 29.2 Å². The first-order valence-electron chi connectivity index (χ1n) is 11.9. The normalized spacial score (nSPS) is 16.1. The third-order valence-corrected chi connectivity index (χ3v) is 6.48. The topological polar surface area (TPSA) is 75.7 Å². The molecule has 0 bridgehead atoms. The van der Waals surface area contributed by atoms with Crippen molar-refractivity contribution in [3.05, 3.63) is 75.7 Å². The average Bonchev–Trinajstić information content (AvgIpc) is 2.85. The number of amides is 1. The highest BCUT2D eigenvalue weighted by atomic mass is 35.5. The van der Waals surface area contributed by atoms with E-state index in [9.17, 15) is 14.0 Å². The van der Waals surface area contributed by atoms with Crippen LogP contribution < -0.4 is 10.6 Å². The van der Waals surface area contributed by atoms with Crippen molar-refractivity contribution in [2.24, 2.45) is 5.41 Å². The van der Waals surface area contributed by atoms with Gasteiger partial charge in [0.15, 0.2) is 0 Å². The molecular weight excluding hydrogens is 495 g/mol. The summed E-state index contributed by atoms with van der Waals surface area (Å²) in [5, 5.41) is 0.733. The number of halogens is 2. The third-order valence-electron chi connectivity index (χ3n) is 6.19. The maximum atomic E-state index is 14.7. The molecule has 0 N–H and O–H groups in total. The lowest BCUT2D eigenvalue weighted by Crippen LogP contribution is -2.56. The van der Waals surface area contributed by atoms with Gasteiger partial charge >= 0.3 is 5.69 Å². The molecule has 4 rings (SSSR count). The molecule has 1 amide bonds. The third kappa shape index (κ3) is 5.35. The molecule has 0 saturated carbocycles. The quantitative estimate of drug-likeness (QED) is 0.366. The first-order valence-corrected chi connectivity index (χ1v) is 12.3. The molecule has 0 aliphatic carbocycles. The van der Waals surface area contributed by atoms with Gasteiger partial charge in [-0.1, -0.05) is 51.1 Å². The van der Waals surface area contributed by atoms with E-state index in [2.05, 4.69) is 16.4 Å². The molecule has 1 unspecified atom stereocenters. The van der Waals surface area contributed by atoms with Crippen molar-refractivity contribution in [3.63, 3.8) is 0 Å². The Kier molecular flexibility index (Phi) is 7.32. The van der Waals surface area contributed by atoms with Crippen LogP contribution in [0.3, 0.4) is 0 Å². The van der Waals surface area contributed by atoms with Gasteiger partial charge in [0, 0.05) is 31.7 Å². The van der Waals surface area contributed by atoms with Crippen molar-refractivity contribution in [2.75, 3.05) is 31.1 Å². The molecule has 1 atom stereocenters. The highest BCUT2D eigenvalue weighted by Crippen LogP contribution is 2.35. The first-order chi connectivity index (χ1) is 17.5. The molecule has 8 nitrogen and oxygen atoms in total. The number of carbonyl (C=O) groups excluding carboxylic acids is 1. The van der Waals surface area contributed by atoms with E-state index in [0.29, 0.717) is 36.5 Å². The molecule has 1 aliphatic rings. The van der Waals surface area contributed by atoms with Gasteiger partial charge in [-0.25, -0.2) is 20.7 Å². The SMILES string of the molecule is [C-]#[N+]CC1CN(C(=O)C=C)CCN1c1nc(=O)n(CC(C)(C)C)c2nc(-c3ccccc3F)c(Cl)cc12. The summed E-state index contributed by atoms with van der Waals surface area (Å²) < 4.78 is 16.2. The minimum absolute atomic E-state index is 0.101. The second kappa shape index (κ2) is 10.3. The number of hydrogen-bond acceptors (Lipinski definition) is 5. The number of fused-ring (bicyclic) bond motifs is 1. The van der Waals surface area contributed by atoms with E-state index in [0.717, 1.165) is 0 Å². The van der Waals surface area contributed by atoms with E-state index in [1.807, 2.05) is 25.7 Å². The predicted molar refractivity (Wildman–Crippen MR) is 143 cm³/mol. The summed E-state index contributed by atoms with van der Waals surface area (Å²) in [6.45, 7) is 18.4. The van der Waals surface area contributed by atoms with Gasteiger partial charge in [0.25, 0.3) is 0 Å². The predicted octanol–water partition coefficient (Wildman–Crippen LogP) is 4.42. The molecule has 3 aromatic rings. The van der Waals surface area contributed by atoms with E-state index >= 15 is 0 Å². The molecule has 1 fully saturated rings. The van der Waals surface area contributed by atoms with Crippen LogP contribution in [0.5, 0.6) is 0 Å². The van der Waals surface area contributed by atoms with E-state index < -0.39 is 17.5 Å². The maximum Gasteiger partial charge on any atom is 0.351 e. The summed E-state index contributed by atoms with van der Waals surface area (Å²) in [6, 6.07) is 7.46. The minimum atomic E-state index is -0.502. The zero-order chi connectivity index (χ0) is 26.9. The van der Waals surface area contributed by atoms with Gasteiger partial charge in [-0.2, -0.15) is 4.98 Å². The lowest BCUT2D eigenvalue weighted by molar-refractivity contribution is -0.126. The number of pyridine rings is 1. The molecule has 192 valence electrons. The fourth-order valence-corrected chi connectivity index (χ4v) is 4.81. The Morgan fingerprint density at radius 2 is 2.03 bits per heavy atom. The van der Waals surface area contributed by atoms with Gasteiger partial charge < -0.3 is 14.6 Å². The number of rotatable bonds is 5. The molecule has 1 aliphatic heterocycles. The average molecular weight is 523 g/mol. The molecule has 2 aromatic heterocycles. The second-order valence-electron chi connectivity index (χ2n) is 10.2. The van der Waals surface area contributed by atoms with Crippen LogP contribution in [-0.4, -0.2) is 57.6 Å². The Balaban J connectivity index is 1.95.